The first kappa shape index (κ1) is 13.5. The number of halogens is 1. The van der Waals surface area contributed by atoms with Crippen LogP contribution in [0.1, 0.15) is 37.4 Å². The molecule has 2 rings (SSSR count). The van der Waals surface area contributed by atoms with Gasteiger partial charge in [-0.15, -0.1) is 0 Å². The number of hydrogen-bond donors (Lipinski definition) is 1. The topological polar surface area (TPSA) is 29.3 Å². The Hall–Kier alpha value is -0.930. The largest absolute Gasteiger partial charge is 0.330 e. The lowest BCUT2D eigenvalue weighted by molar-refractivity contribution is 0.221. The maximum atomic E-state index is 13.8. The predicted molar refractivity (Wildman–Crippen MR) is 73.1 cm³/mol. The van der Waals surface area contributed by atoms with Crippen molar-refractivity contribution in [2.24, 2.45) is 11.7 Å². The lowest BCUT2D eigenvalue weighted by Crippen LogP contribution is -2.20. The standard InChI is InChI=1S/C15H23FN2/c1-15(2,16)13-6-4-12(5-7-13)14-8-11(9-17)10-18(14)3/h4-7,11,14H,8-10,17H2,1-3H3. The summed E-state index contributed by atoms with van der Waals surface area (Å²) in [7, 11) is 2.13. The van der Waals surface area contributed by atoms with Crippen LogP contribution in [-0.2, 0) is 5.67 Å². The van der Waals surface area contributed by atoms with Crippen LogP contribution in [0.25, 0.3) is 0 Å². The number of rotatable bonds is 3. The van der Waals surface area contributed by atoms with Crippen LogP contribution in [0.3, 0.4) is 0 Å². The Bertz CT molecular complexity index is 394. The molecule has 1 aliphatic heterocycles. The summed E-state index contributed by atoms with van der Waals surface area (Å²) in [6.45, 7) is 4.98. The molecule has 2 N–H and O–H groups in total. The zero-order valence-electron chi connectivity index (χ0n) is 11.5. The molecule has 2 unspecified atom stereocenters. The molecule has 1 aliphatic rings. The quantitative estimate of drug-likeness (QED) is 0.894. The normalized spacial score (nSPS) is 25.6. The molecule has 18 heavy (non-hydrogen) atoms. The first-order valence-electron chi connectivity index (χ1n) is 6.61. The number of alkyl halides is 1. The smallest absolute Gasteiger partial charge is 0.130 e. The van der Waals surface area contributed by atoms with Gasteiger partial charge in [-0.2, -0.15) is 0 Å². The molecule has 0 amide bonds. The summed E-state index contributed by atoms with van der Waals surface area (Å²) in [4.78, 5) is 2.34. The highest BCUT2D eigenvalue weighted by Crippen LogP contribution is 2.34. The molecular formula is C15H23FN2. The van der Waals surface area contributed by atoms with Gasteiger partial charge in [-0.1, -0.05) is 24.3 Å². The second-order valence-corrected chi connectivity index (χ2v) is 5.89. The van der Waals surface area contributed by atoms with Crippen LogP contribution in [0.5, 0.6) is 0 Å². The van der Waals surface area contributed by atoms with Crippen molar-refractivity contribution < 1.29 is 4.39 Å². The molecule has 0 bridgehead atoms. The Morgan fingerprint density at radius 1 is 1.33 bits per heavy atom. The number of benzene rings is 1. The van der Waals surface area contributed by atoms with Crippen molar-refractivity contribution in [3.63, 3.8) is 0 Å². The molecule has 0 saturated carbocycles. The van der Waals surface area contributed by atoms with Crippen molar-refractivity contribution in [3.05, 3.63) is 35.4 Å². The van der Waals surface area contributed by atoms with E-state index >= 15 is 0 Å². The van der Waals surface area contributed by atoms with E-state index in [9.17, 15) is 4.39 Å². The average Bonchev–Trinajstić information content (AvgIpc) is 2.70. The summed E-state index contributed by atoms with van der Waals surface area (Å²) in [5.74, 6) is 0.581. The fourth-order valence-corrected chi connectivity index (χ4v) is 2.77. The van der Waals surface area contributed by atoms with E-state index in [-0.39, 0.29) is 0 Å². The molecule has 1 heterocycles. The second-order valence-electron chi connectivity index (χ2n) is 5.89. The highest BCUT2D eigenvalue weighted by molar-refractivity contribution is 5.29. The number of nitrogens with two attached hydrogens (primary N) is 1. The minimum Gasteiger partial charge on any atom is -0.330 e. The van der Waals surface area contributed by atoms with E-state index < -0.39 is 5.67 Å². The first-order valence-corrected chi connectivity index (χ1v) is 6.61. The van der Waals surface area contributed by atoms with Crippen LogP contribution in [-0.4, -0.2) is 25.0 Å². The molecule has 0 spiro atoms. The van der Waals surface area contributed by atoms with Gasteiger partial charge in [0.15, 0.2) is 0 Å². The molecule has 100 valence electrons. The van der Waals surface area contributed by atoms with Gasteiger partial charge in [-0.25, -0.2) is 4.39 Å². The highest BCUT2D eigenvalue weighted by Gasteiger charge is 2.29. The average molecular weight is 250 g/mol. The summed E-state index contributed by atoms with van der Waals surface area (Å²) >= 11 is 0. The van der Waals surface area contributed by atoms with Gasteiger partial charge < -0.3 is 5.73 Å². The molecule has 1 fully saturated rings. The Balaban J connectivity index is 2.15. The number of hydrogen-bond acceptors (Lipinski definition) is 2. The van der Waals surface area contributed by atoms with Gasteiger partial charge in [0, 0.05) is 12.6 Å². The van der Waals surface area contributed by atoms with Crippen LogP contribution < -0.4 is 5.73 Å². The lowest BCUT2D eigenvalue weighted by Gasteiger charge is -2.21. The van der Waals surface area contributed by atoms with E-state index in [0.717, 1.165) is 25.1 Å². The van der Waals surface area contributed by atoms with Crippen molar-refractivity contribution in [2.45, 2.75) is 32.0 Å². The van der Waals surface area contributed by atoms with Crippen molar-refractivity contribution in [2.75, 3.05) is 20.1 Å². The molecule has 1 saturated heterocycles. The van der Waals surface area contributed by atoms with Crippen molar-refractivity contribution in [1.82, 2.24) is 4.90 Å². The van der Waals surface area contributed by atoms with Crippen LogP contribution in [0, 0.1) is 5.92 Å². The molecule has 0 radical (unpaired) electrons. The van der Waals surface area contributed by atoms with Gasteiger partial charge >= 0.3 is 0 Å². The molecular weight excluding hydrogens is 227 g/mol. The SMILES string of the molecule is CN1CC(CN)CC1c1ccc(C(C)(C)F)cc1. The van der Waals surface area contributed by atoms with E-state index in [1.807, 2.05) is 12.1 Å². The minimum absolute atomic E-state index is 0.426. The zero-order chi connectivity index (χ0) is 13.3. The van der Waals surface area contributed by atoms with E-state index in [0.29, 0.717) is 12.0 Å². The maximum Gasteiger partial charge on any atom is 0.130 e. The fourth-order valence-electron chi connectivity index (χ4n) is 2.77. The van der Waals surface area contributed by atoms with E-state index in [2.05, 4.69) is 24.1 Å². The predicted octanol–water partition coefficient (Wildman–Crippen LogP) is 2.84. The van der Waals surface area contributed by atoms with Crippen molar-refractivity contribution >= 4 is 0 Å². The fraction of sp³-hybridized carbons (Fsp3) is 0.600. The van der Waals surface area contributed by atoms with Gasteiger partial charge in [0.05, 0.1) is 0 Å². The third-order valence-corrected chi connectivity index (χ3v) is 3.95. The van der Waals surface area contributed by atoms with Gasteiger partial charge in [0.25, 0.3) is 0 Å². The number of nitrogens with zero attached hydrogens (tertiary/aromatic N) is 1. The van der Waals surface area contributed by atoms with Gasteiger partial charge in [0.1, 0.15) is 5.67 Å². The third kappa shape index (κ3) is 2.73. The Kier molecular flexibility index (Phi) is 3.74. The lowest BCUT2D eigenvalue weighted by atomic mass is 9.95. The zero-order valence-corrected chi connectivity index (χ0v) is 11.5. The Labute approximate surface area is 109 Å². The summed E-state index contributed by atoms with van der Waals surface area (Å²) < 4.78 is 13.8. The second kappa shape index (κ2) is 4.98. The molecule has 1 aromatic rings. The van der Waals surface area contributed by atoms with Crippen LogP contribution in [0.15, 0.2) is 24.3 Å². The van der Waals surface area contributed by atoms with Crippen LogP contribution >= 0.6 is 0 Å². The molecule has 0 aromatic heterocycles. The van der Waals surface area contributed by atoms with E-state index in [4.69, 9.17) is 5.73 Å². The first-order chi connectivity index (χ1) is 8.41. The summed E-state index contributed by atoms with van der Waals surface area (Å²) in [5.41, 5.74) is 6.48. The summed E-state index contributed by atoms with van der Waals surface area (Å²) in [6.07, 6.45) is 1.10. The van der Waals surface area contributed by atoms with E-state index in [1.165, 1.54) is 5.56 Å². The monoisotopic (exact) mass is 250 g/mol. The molecule has 2 nitrogen and oxygen atoms in total. The Morgan fingerprint density at radius 3 is 2.39 bits per heavy atom. The van der Waals surface area contributed by atoms with Crippen molar-refractivity contribution in [3.8, 4) is 0 Å². The molecule has 2 atom stereocenters. The third-order valence-electron chi connectivity index (χ3n) is 3.95. The van der Waals surface area contributed by atoms with Gasteiger partial charge in [-0.3, -0.25) is 4.90 Å². The number of likely N-dealkylation sites (tertiary alicyclic amines) is 1. The summed E-state index contributed by atoms with van der Waals surface area (Å²) in [6, 6.07) is 8.33. The van der Waals surface area contributed by atoms with E-state index in [1.54, 1.807) is 13.8 Å². The highest BCUT2D eigenvalue weighted by atomic mass is 19.1. The summed E-state index contributed by atoms with van der Waals surface area (Å²) in [5, 5.41) is 0. The van der Waals surface area contributed by atoms with Crippen molar-refractivity contribution in [1.29, 1.82) is 0 Å². The molecule has 1 aromatic carbocycles. The van der Waals surface area contributed by atoms with Gasteiger partial charge in [-0.05, 0) is 50.9 Å². The molecule has 0 aliphatic carbocycles. The van der Waals surface area contributed by atoms with Gasteiger partial charge in [0.2, 0.25) is 0 Å². The maximum absolute atomic E-state index is 13.8. The minimum atomic E-state index is -1.26. The molecule has 3 heteroatoms. The Morgan fingerprint density at radius 2 is 1.94 bits per heavy atom. The van der Waals surface area contributed by atoms with Crippen LogP contribution in [0.4, 0.5) is 4.39 Å². The van der Waals surface area contributed by atoms with Crippen LogP contribution in [0.2, 0.25) is 0 Å².